The van der Waals surface area contributed by atoms with Crippen molar-refractivity contribution in [3.63, 3.8) is 0 Å². The summed E-state index contributed by atoms with van der Waals surface area (Å²) in [7, 11) is 0. The van der Waals surface area contributed by atoms with Crippen molar-refractivity contribution in [1.82, 2.24) is 5.32 Å². The van der Waals surface area contributed by atoms with Crippen molar-refractivity contribution in [2.24, 2.45) is 0 Å². The number of amides is 1. The first kappa shape index (κ1) is 16.1. The van der Waals surface area contributed by atoms with Gasteiger partial charge in [-0.3, -0.25) is 4.79 Å². The van der Waals surface area contributed by atoms with Crippen LogP contribution in [0, 0.1) is 6.92 Å². The van der Waals surface area contributed by atoms with Crippen LogP contribution in [0.1, 0.15) is 43.6 Å². The van der Waals surface area contributed by atoms with Gasteiger partial charge in [-0.1, -0.05) is 26.0 Å². The molecule has 1 amide bonds. The highest BCUT2D eigenvalue weighted by Gasteiger charge is 2.17. The van der Waals surface area contributed by atoms with Gasteiger partial charge < -0.3 is 14.5 Å². The highest BCUT2D eigenvalue weighted by atomic mass is 16.5. The molecule has 1 atom stereocenters. The van der Waals surface area contributed by atoms with Crippen LogP contribution in [0.2, 0.25) is 0 Å². The quantitative estimate of drug-likeness (QED) is 0.883. The highest BCUT2D eigenvalue weighted by molar-refractivity contribution is 5.80. The van der Waals surface area contributed by atoms with Crippen LogP contribution in [0.15, 0.2) is 41.0 Å². The van der Waals surface area contributed by atoms with Crippen molar-refractivity contribution in [3.8, 4) is 5.75 Å². The Kier molecular flexibility index (Phi) is 5.26. The number of furan rings is 1. The lowest BCUT2D eigenvalue weighted by molar-refractivity contribution is -0.127. The molecule has 0 aliphatic carbocycles. The zero-order chi connectivity index (χ0) is 16.1. The number of rotatable bonds is 6. The first-order chi connectivity index (χ1) is 10.5. The molecule has 0 fully saturated rings. The summed E-state index contributed by atoms with van der Waals surface area (Å²) in [5.41, 5.74) is 2.22. The van der Waals surface area contributed by atoms with E-state index in [1.54, 1.807) is 19.3 Å². The van der Waals surface area contributed by atoms with Crippen LogP contribution in [0.3, 0.4) is 0 Å². The molecule has 118 valence electrons. The maximum atomic E-state index is 12.1. The molecular weight excluding hydrogens is 278 g/mol. The minimum absolute atomic E-state index is 0.160. The molecule has 4 nitrogen and oxygen atoms in total. The fraction of sp³-hybridized carbons (Fsp3) is 0.389. The Hall–Kier alpha value is -2.23. The normalized spacial score (nSPS) is 12.2. The van der Waals surface area contributed by atoms with Crippen molar-refractivity contribution in [1.29, 1.82) is 0 Å². The van der Waals surface area contributed by atoms with Crippen molar-refractivity contribution in [3.05, 3.63) is 53.5 Å². The van der Waals surface area contributed by atoms with E-state index in [4.69, 9.17) is 9.15 Å². The summed E-state index contributed by atoms with van der Waals surface area (Å²) < 4.78 is 11.1. The summed E-state index contributed by atoms with van der Waals surface area (Å²) in [4.78, 5) is 12.1. The Morgan fingerprint density at radius 2 is 2.05 bits per heavy atom. The molecule has 0 radical (unpaired) electrons. The SMILES string of the molecule is Cc1ccc(C(C)C)c(OC(C)C(=O)NCc2ccco2)c1. The summed E-state index contributed by atoms with van der Waals surface area (Å²) >= 11 is 0. The Labute approximate surface area is 131 Å². The van der Waals surface area contributed by atoms with E-state index in [1.165, 1.54) is 0 Å². The summed E-state index contributed by atoms with van der Waals surface area (Å²) in [6, 6.07) is 9.71. The minimum atomic E-state index is -0.561. The molecule has 2 aromatic rings. The molecule has 1 heterocycles. The fourth-order valence-corrected chi connectivity index (χ4v) is 2.20. The van der Waals surface area contributed by atoms with Gasteiger partial charge in [0.2, 0.25) is 0 Å². The van der Waals surface area contributed by atoms with Gasteiger partial charge in [-0.2, -0.15) is 0 Å². The predicted octanol–water partition coefficient (Wildman–Crippen LogP) is 3.80. The van der Waals surface area contributed by atoms with E-state index < -0.39 is 6.10 Å². The maximum Gasteiger partial charge on any atom is 0.261 e. The van der Waals surface area contributed by atoms with Crippen LogP contribution in [-0.2, 0) is 11.3 Å². The van der Waals surface area contributed by atoms with Crippen LogP contribution in [0.25, 0.3) is 0 Å². The molecule has 0 aliphatic heterocycles. The van der Waals surface area contributed by atoms with E-state index in [0.717, 1.165) is 22.6 Å². The number of nitrogens with one attached hydrogen (secondary N) is 1. The number of hydrogen-bond donors (Lipinski definition) is 1. The van der Waals surface area contributed by atoms with Gasteiger partial charge >= 0.3 is 0 Å². The molecule has 1 aromatic carbocycles. The van der Waals surface area contributed by atoms with Crippen molar-refractivity contribution in [2.75, 3.05) is 0 Å². The third-order valence-electron chi connectivity index (χ3n) is 3.48. The second-order valence-corrected chi connectivity index (χ2v) is 5.75. The van der Waals surface area contributed by atoms with Gasteiger partial charge in [-0.15, -0.1) is 0 Å². The van der Waals surface area contributed by atoms with Crippen LogP contribution in [0.5, 0.6) is 5.75 Å². The fourth-order valence-electron chi connectivity index (χ4n) is 2.20. The molecular formula is C18H23NO3. The molecule has 2 rings (SSSR count). The predicted molar refractivity (Wildman–Crippen MR) is 85.9 cm³/mol. The molecule has 0 spiro atoms. The Balaban J connectivity index is 2.00. The first-order valence-electron chi connectivity index (χ1n) is 7.54. The highest BCUT2D eigenvalue weighted by Crippen LogP contribution is 2.28. The molecule has 22 heavy (non-hydrogen) atoms. The second-order valence-electron chi connectivity index (χ2n) is 5.75. The van der Waals surface area contributed by atoms with E-state index in [0.29, 0.717) is 12.5 Å². The first-order valence-corrected chi connectivity index (χ1v) is 7.54. The van der Waals surface area contributed by atoms with Gasteiger partial charge in [0.1, 0.15) is 11.5 Å². The number of aryl methyl sites for hydroxylation is 1. The average Bonchev–Trinajstić information content (AvgIpc) is 2.97. The van der Waals surface area contributed by atoms with Gasteiger partial charge in [0.15, 0.2) is 6.10 Å². The second kappa shape index (κ2) is 7.16. The third kappa shape index (κ3) is 4.13. The lowest BCUT2D eigenvalue weighted by atomic mass is 10.0. The van der Waals surface area contributed by atoms with Gasteiger partial charge in [0, 0.05) is 0 Å². The van der Waals surface area contributed by atoms with Crippen LogP contribution < -0.4 is 10.1 Å². The van der Waals surface area contributed by atoms with Crippen molar-refractivity contribution >= 4 is 5.91 Å². The monoisotopic (exact) mass is 301 g/mol. The number of hydrogen-bond acceptors (Lipinski definition) is 3. The topological polar surface area (TPSA) is 51.5 Å². The van der Waals surface area contributed by atoms with E-state index in [2.05, 4.69) is 31.3 Å². The van der Waals surface area contributed by atoms with Crippen LogP contribution >= 0.6 is 0 Å². The zero-order valence-corrected chi connectivity index (χ0v) is 13.6. The van der Waals surface area contributed by atoms with E-state index in [1.807, 2.05) is 19.1 Å². The van der Waals surface area contributed by atoms with Gasteiger partial charge in [0.25, 0.3) is 5.91 Å². The summed E-state index contributed by atoms with van der Waals surface area (Å²) in [5.74, 6) is 1.68. The van der Waals surface area contributed by atoms with Gasteiger partial charge in [-0.25, -0.2) is 0 Å². The van der Waals surface area contributed by atoms with E-state index in [9.17, 15) is 4.79 Å². The van der Waals surface area contributed by atoms with E-state index >= 15 is 0 Å². The summed E-state index contributed by atoms with van der Waals surface area (Å²) in [5, 5.41) is 2.81. The number of ether oxygens (including phenoxy) is 1. The molecule has 1 unspecified atom stereocenters. The Morgan fingerprint density at radius 1 is 1.27 bits per heavy atom. The lowest BCUT2D eigenvalue weighted by Crippen LogP contribution is -2.36. The zero-order valence-electron chi connectivity index (χ0n) is 13.6. The smallest absolute Gasteiger partial charge is 0.261 e. The lowest BCUT2D eigenvalue weighted by Gasteiger charge is -2.19. The Bertz CT molecular complexity index is 617. The molecule has 1 aromatic heterocycles. The van der Waals surface area contributed by atoms with Crippen molar-refractivity contribution < 1.29 is 13.9 Å². The van der Waals surface area contributed by atoms with Gasteiger partial charge in [-0.05, 0) is 49.1 Å². The number of benzene rings is 1. The van der Waals surface area contributed by atoms with Crippen LogP contribution in [-0.4, -0.2) is 12.0 Å². The van der Waals surface area contributed by atoms with Crippen molar-refractivity contribution in [2.45, 2.75) is 46.3 Å². The molecule has 4 heteroatoms. The maximum absolute atomic E-state index is 12.1. The van der Waals surface area contributed by atoms with E-state index in [-0.39, 0.29) is 5.91 Å². The molecule has 0 aliphatic rings. The molecule has 1 N–H and O–H groups in total. The van der Waals surface area contributed by atoms with Crippen LogP contribution in [0.4, 0.5) is 0 Å². The minimum Gasteiger partial charge on any atom is -0.481 e. The number of carbonyl (C=O) groups is 1. The summed E-state index contributed by atoms with van der Waals surface area (Å²) in [6.45, 7) is 8.35. The average molecular weight is 301 g/mol. The van der Waals surface area contributed by atoms with Gasteiger partial charge in [0.05, 0.1) is 12.8 Å². The summed E-state index contributed by atoms with van der Waals surface area (Å²) in [6.07, 6.45) is 1.03. The molecule has 0 saturated carbocycles. The third-order valence-corrected chi connectivity index (χ3v) is 3.48. The Morgan fingerprint density at radius 3 is 2.68 bits per heavy atom. The number of carbonyl (C=O) groups excluding carboxylic acids is 1. The molecule has 0 saturated heterocycles. The standard InChI is InChI=1S/C18H23NO3/c1-12(2)16-8-7-13(3)10-17(16)22-14(4)18(20)19-11-15-6-5-9-21-15/h5-10,12,14H,11H2,1-4H3,(H,19,20). The molecule has 0 bridgehead atoms. The largest absolute Gasteiger partial charge is 0.481 e.